The number of nitrogens with one attached hydrogen (secondary N) is 2. The summed E-state index contributed by atoms with van der Waals surface area (Å²) in [5, 5.41) is 11.2. The van der Waals surface area contributed by atoms with E-state index in [1.165, 1.54) is 12.1 Å². The van der Waals surface area contributed by atoms with Crippen LogP contribution in [0.3, 0.4) is 0 Å². The maximum Gasteiger partial charge on any atom is 0.304 e. The quantitative estimate of drug-likeness (QED) is 0.696. The van der Waals surface area contributed by atoms with Gasteiger partial charge in [0.05, 0.1) is 12.2 Å². The van der Waals surface area contributed by atoms with Crippen LogP contribution in [0.1, 0.15) is 30.6 Å². The van der Waals surface area contributed by atoms with E-state index in [9.17, 15) is 18.0 Å². The van der Waals surface area contributed by atoms with E-state index in [4.69, 9.17) is 5.11 Å². The molecule has 0 aliphatic heterocycles. The molecule has 1 amide bonds. The molecule has 0 bridgehead atoms. The number of hydrogen-bond acceptors (Lipinski definition) is 4. The molecule has 8 heteroatoms. The Hall–Kier alpha value is -2.09. The molecule has 21 heavy (non-hydrogen) atoms. The van der Waals surface area contributed by atoms with Crippen molar-refractivity contribution in [2.75, 3.05) is 10.5 Å². The van der Waals surface area contributed by atoms with Crippen LogP contribution in [0.25, 0.3) is 0 Å². The molecule has 3 N–H and O–H groups in total. The van der Waals surface area contributed by atoms with Crippen molar-refractivity contribution in [3.05, 3.63) is 29.8 Å². The first-order valence-electron chi connectivity index (χ1n) is 6.33. The van der Waals surface area contributed by atoms with E-state index < -0.39 is 28.2 Å². The van der Waals surface area contributed by atoms with E-state index in [-0.39, 0.29) is 17.6 Å². The molecule has 0 aromatic heterocycles. The zero-order valence-electron chi connectivity index (χ0n) is 11.8. The zero-order chi connectivity index (χ0) is 16.0. The summed E-state index contributed by atoms with van der Waals surface area (Å²) in [4.78, 5) is 22.2. The van der Waals surface area contributed by atoms with Gasteiger partial charge in [0, 0.05) is 17.3 Å². The monoisotopic (exact) mass is 314 g/mol. The first kappa shape index (κ1) is 17.0. The highest BCUT2D eigenvalue weighted by Crippen LogP contribution is 2.13. The minimum atomic E-state index is -3.76. The van der Waals surface area contributed by atoms with Gasteiger partial charge < -0.3 is 10.4 Å². The number of carboxylic acids is 1. The summed E-state index contributed by atoms with van der Waals surface area (Å²) in [6.07, 6.45) is -0.483. The highest BCUT2D eigenvalue weighted by atomic mass is 32.2. The lowest BCUT2D eigenvalue weighted by molar-refractivity contribution is -0.136. The summed E-state index contributed by atoms with van der Waals surface area (Å²) in [6.45, 7) is 3.63. The first-order chi connectivity index (χ1) is 9.69. The van der Waals surface area contributed by atoms with Crippen molar-refractivity contribution in [3.63, 3.8) is 0 Å². The van der Waals surface area contributed by atoms with Crippen molar-refractivity contribution in [1.29, 1.82) is 0 Å². The van der Waals surface area contributed by atoms with E-state index in [1.807, 2.05) is 13.8 Å². The van der Waals surface area contributed by atoms with E-state index in [2.05, 4.69) is 10.0 Å². The van der Waals surface area contributed by atoms with Crippen LogP contribution in [0.5, 0.6) is 0 Å². The molecule has 0 spiro atoms. The Morgan fingerprint density at radius 1 is 1.29 bits per heavy atom. The molecule has 0 aliphatic rings. The summed E-state index contributed by atoms with van der Waals surface area (Å²) in [5.41, 5.74) is 0.541. The number of aliphatic carboxylic acids is 1. The highest BCUT2D eigenvalue weighted by molar-refractivity contribution is 7.92. The van der Waals surface area contributed by atoms with Gasteiger partial charge in [-0.2, -0.15) is 0 Å². The van der Waals surface area contributed by atoms with Crippen molar-refractivity contribution >= 4 is 27.6 Å². The number of sulfonamides is 1. The third-order valence-electron chi connectivity index (χ3n) is 2.40. The fourth-order valence-corrected chi connectivity index (χ4v) is 2.55. The predicted molar refractivity (Wildman–Crippen MR) is 78.7 cm³/mol. The van der Waals surface area contributed by atoms with Crippen molar-refractivity contribution in [2.24, 2.45) is 0 Å². The second-order valence-corrected chi connectivity index (χ2v) is 6.62. The number of carbonyl (C=O) groups is 2. The summed E-state index contributed by atoms with van der Waals surface area (Å²) in [7, 11) is -3.76. The number of anilines is 1. The standard InChI is InChI=1S/C13H18N2O5S/c1-9(2)14-13(18)10-4-3-5-11(8-10)15-21(19,20)7-6-12(16)17/h3-5,8-9,15H,6-7H2,1-2H3,(H,14,18)(H,16,17). The van der Waals surface area contributed by atoms with Crippen LogP contribution >= 0.6 is 0 Å². The topological polar surface area (TPSA) is 113 Å². The second kappa shape index (κ2) is 7.07. The fourth-order valence-electron chi connectivity index (χ4n) is 1.52. The summed E-state index contributed by atoms with van der Waals surface area (Å²) in [6, 6.07) is 5.96. The third-order valence-corrected chi connectivity index (χ3v) is 3.69. The van der Waals surface area contributed by atoms with Crippen LogP contribution in [0, 0.1) is 0 Å². The molecule has 0 radical (unpaired) electrons. The van der Waals surface area contributed by atoms with Crippen LogP contribution < -0.4 is 10.0 Å². The zero-order valence-corrected chi connectivity index (χ0v) is 12.6. The van der Waals surface area contributed by atoms with E-state index in [0.29, 0.717) is 5.56 Å². The Morgan fingerprint density at radius 3 is 2.52 bits per heavy atom. The van der Waals surface area contributed by atoms with E-state index in [1.54, 1.807) is 12.1 Å². The smallest absolute Gasteiger partial charge is 0.304 e. The van der Waals surface area contributed by atoms with Crippen molar-refractivity contribution in [2.45, 2.75) is 26.3 Å². The molecular formula is C13H18N2O5S. The van der Waals surface area contributed by atoms with Crippen LogP contribution in [0.15, 0.2) is 24.3 Å². The molecule has 7 nitrogen and oxygen atoms in total. The number of hydrogen-bond donors (Lipinski definition) is 3. The lowest BCUT2D eigenvalue weighted by Crippen LogP contribution is -2.30. The van der Waals surface area contributed by atoms with E-state index in [0.717, 1.165) is 0 Å². The van der Waals surface area contributed by atoms with Gasteiger partial charge in [0.15, 0.2) is 0 Å². The SMILES string of the molecule is CC(C)NC(=O)c1cccc(NS(=O)(=O)CCC(=O)O)c1. The van der Waals surface area contributed by atoms with Gasteiger partial charge in [-0.05, 0) is 32.0 Å². The molecule has 0 saturated carbocycles. The third kappa shape index (κ3) is 6.26. The molecule has 0 unspecified atom stereocenters. The second-order valence-electron chi connectivity index (χ2n) is 4.77. The minimum absolute atomic E-state index is 0.0339. The maximum atomic E-state index is 11.8. The molecule has 0 heterocycles. The lowest BCUT2D eigenvalue weighted by atomic mass is 10.2. The number of carboxylic acid groups (broad SMARTS) is 1. The van der Waals surface area contributed by atoms with Gasteiger partial charge in [-0.15, -0.1) is 0 Å². The molecule has 1 aromatic carbocycles. The van der Waals surface area contributed by atoms with Crippen molar-refractivity contribution < 1.29 is 23.1 Å². The number of rotatable bonds is 7. The largest absolute Gasteiger partial charge is 0.481 e. The minimum Gasteiger partial charge on any atom is -0.481 e. The normalized spacial score (nSPS) is 11.2. The van der Waals surface area contributed by atoms with Gasteiger partial charge in [-0.25, -0.2) is 8.42 Å². The van der Waals surface area contributed by atoms with Crippen molar-refractivity contribution in [3.8, 4) is 0 Å². The van der Waals surface area contributed by atoms with Crippen LogP contribution in [-0.2, 0) is 14.8 Å². The Labute approximate surface area is 123 Å². The molecular weight excluding hydrogens is 296 g/mol. The molecule has 116 valence electrons. The average Bonchev–Trinajstić information content (AvgIpc) is 2.35. The van der Waals surface area contributed by atoms with Crippen LogP contribution in [0.2, 0.25) is 0 Å². The fraction of sp³-hybridized carbons (Fsp3) is 0.385. The highest BCUT2D eigenvalue weighted by Gasteiger charge is 2.14. The lowest BCUT2D eigenvalue weighted by Gasteiger charge is -2.11. The number of amides is 1. The van der Waals surface area contributed by atoms with Gasteiger partial charge in [0.25, 0.3) is 5.91 Å². The maximum absolute atomic E-state index is 11.8. The molecule has 0 saturated heterocycles. The molecule has 1 rings (SSSR count). The van der Waals surface area contributed by atoms with Crippen LogP contribution in [-0.4, -0.2) is 37.2 Å². The Bertz CT molecular complexity index is 625. The number of carbonyl (C=O) groups excluding carboxylic acids is 1. The van der Waals surface area contributed by atoms with Gasteiger partial charge in [-0.1, -0.05) is 6.07 Å². The van der Waals surface area contributed by atoms with Crippen molar-refractivity contribution in [1.82, 2.24) is 5.32 Å². The summed E-state index contributed by atoms with van der Waals surface area (Å²) < 4.78 is 25.6. The molecule has 0 aliphatic carbocycles. The average molecular weight is 314 g/mol. The van der Waals surface area contributed by atoms with Gasteiger partial charge >= 0.3 is 5.97 Å². The van der Waals surface area contributed by atoms with Crippen LogP contribution in [0.4, 0.5) is 5.69 Å². The van der Waals surface area contributed by atoms with Gasteiger partial charge in [0.1, 0.15) is 0 Å². The Kier molecular flexibility index (Phi) is 5.71. The molecule has 1 aromatic rings. The molecule has 0 fully saturated rings. The number of benzene rings is 1. The summed E-state index contributed by atoms with van der Waals surface area (Å²) >= 11 is 0. The summed E-state index contributed by atoms with van der Waals surface area (Å²) in [5.74, 6) is -2.02. The van der Waals surface area contributed by atoms with Gasteiger partial charge in [0.2, 0.25) is 10.0 Å². The first-order valence-corrected chi connectivity index (χ1v) is 7.98. The molecule has 0 atom stereocenters. The van der Waals surface area contributed by atoms with Gasteiger partial charge in [-0.3, -0.25) is 14.3 Å². The predicted octanol–water partition coefficient (Wildman–Crippen LogP) is 1.04. The van der Waals surface area contributed by atoms with E-state index >= 15 is 0 Å². The Morgan fingerprint density at radius 2 is 1.95 bits per heavy atom. The Balaban J connectivity index is 2.81.